The number of sulfonamides is 1. The van der Waals surface area contributed by atoms with Crippen molar-refractivity contribution in [3.05, 3.63) is 51.5 Å². The first-order chi connectivity index (χ1) is 9.70. The van der Waals surface area contributed by atoms with E-state index < -0.39 is 10.0 Å². The number of hydrogen-bond acceptors (Lipinski definition) is 3. The molecule has 6 heteroatoms. The van der Waals surface area contributed by atoms with E-state index in [1.165, 1.54) is 12.1 Å². The zero-order valence-electron chi connectivity index (χ0n) is 12.1. The van der Waals surface area contributed by atoms with Gasteiger partial charge in [0.05, 0.1) is 10.6 Å². The highest BCUT2D eigenvalue weighted by Gasteiger charge is 2.17. The minimum atomic E-state index is -3.66. The standard InChI is InChI=1S/C15H17BrN2O2S/c1-9-6-10(2)15(11(3)7-9)18-21(19,20)12-4-5-13(16)14(17)8-12/h4-8,18H,17H2,1-3H3. The summed E-state index contributed by atoms with van der Waals surface area (Å²) in [4.78, 5) is 0.141. The van der Waals surface area contributed by atoms with E-state index in [0.717, 1.165) is 16.7 Å². The van der Waals surface area contributed by atoms with Gasteiger partial charge in [0.25, 0.3) is 10.0 Å². The van der Waals surface area contributed by atoms with E-state index in [1.54, 1.807) is 6.07 Å². The summed E-state index contributed by atoms with van der Waals surface area (Å²) in [5.41, 5.74) is 9.63. The van der Waals surface area contributed by atoms with E-state index in [2.05, 4.69) is 20.7 Å². The monoisotopic (exact) mass is 368 g/mol. The van der Waals surface area contributed by atoms with Crippen LogP contribution in [0.15, 0.2) is 39.7 Å². The zero-order chi connectivity index (χ0) is 15.8. The summed E-state index contributed by atoms with van der Waals surface area (Å²) >= 11 is 3.25. The third-order valence-corrected chi connectivity index (χ3v) is 5.26. The lowest BCUT2D eigenvalue weighted by Crippen LogP contribution is -2.15. The molecule has 4 nitrogen and oxygen atoms in total. The Morgan fingerprint density at radius 1 is 1.05 bits per heavy atom. The van der Waals surface area contributed by atoms with Crippen molar-refractivity contribution >= 4 is 37.3 Å². The van der Waals surface area contributed by atoms with Crippen LogP contribution in [0.25, 0.3) is 0 Å². The van der Waals surface area contributed by atoms with Crippen molar-refractivity contribution in [1.82, 2.24) is 0 Å². The molecule has 0 saturated heterocycles. The maximum Gasteiger partial charge on any atom is 0.261 e. The van der Waals surface area contributed by atoms with Gasteiger partial charge in [-0.15, -0.1) is 0 Å². The topological polar surface area (TPSA) is 72.2 Å². The molecule has 0 aliphatic rings. The fourth-order valence-electron chi connectivity index (χ4n) is 2.22. The fourth-order valence-corrected chi connectivity index (χ4v) is 3.71. The fraction of sp³-hybridized carbons (Fsp3) is 0.200. The first kappa shape index (κ1) is 15.9. The number of aryl methyl sites for hydroxylation is 3. The van der Waals surface area contributed by atoms with Crippen molar-refractivity contribution < 1.29 is 8.42 Å². The van der Waals surface area contributed by atoms with Gasteiger partial charge in [-0.3, -0.25) is 4.72 Å². The van der Waals surface area contributed by atoms with Gasteiger partial charge in [-0.2, -0.15) is 0 Å². The van der Waals surface area contributed by atoms with E-state index in [-0.39, 0.29) is 4.90 Å². The molecule has 0 bridgehead atoms. The molecule has 3 N–H and O–H groups in total. The molecular weight excluding hydrogens is 352 g/mol. The number of nitrogen functional groups attached to an aromatic ring is 1. The largest absolute Gasteiger partial charge is 0.398 e. The summed E-state index contributed by atoms with van der Waals surface area (Å²) in [6, 6.07) is 8.47. The Hall–Kier alpha value is -1.53. The Balaban J connectivity index is 2.44. The summed E-state index contributed by atoms with van der Waals surface area (Å²) in [6.07, 6.45) is 0. The van der Waals surface area contributed by atoms with Crippen molar-refractivity contribution in [2.45, 2.75) is 25.7 Å². The summed E-state index contributed by atoms with van der Waals surface area (Å²) < 4.78 is 28.3. The molecule has 0 saturated carbocycles. The molecule has 0 spiro atoms. The van der Waals surface area contributed by atoms with Crippen LogP contribution in [0.1, 0.15) is 16.7 Å². The van der Waals surface area contributed by atoms with Gasteiger partial charge in [0.1, 0.15) is 0 Å². The highest BCUT2D eigenvalue weighted by molar-refractivity contribution is 9.10. The predicted molar refractivity (Wildman–Crippen MR) is 90.0 cm³/mol. The van der Waals surface area contributed by atoms with Crippen molar-refractivity contribution in [2.24, 2.45) is 0 Å². The van der Waals surface area contributed by atoms with Crippen molar-refractivity contribution in [3.8, 4) is 0 Å². The van der Waals surface area contributed by atoms with Gasteiger partial charge in [-0.05, 0) is 66.0 Å². The van der Waals surface area contributed by atoms with E-state index in [0.29, 0.717) is 15.8 Å². The van der Waals surface area contributed by atoms with Crippen LogP contribution >= 0.6 is 15.9 Å². The van der Waals surface area contributed by atoms with E-state index in [1.807, 2.05) is 32.9 Å². The zero-order valence-corrected chi connectivity index (χ0v) is 14.5. The Kier molecular flexibility index (Phi) is 4.30. The van der Waals surface area contributed by atoms with Crippen LogP contribution in [0, 0.1) is 20.8 Å². The minimum absolute atomic E-state index is 0.141. The van der Waals surface area contributed by atoms with Crippen molar-refractivity contribution in [2.75, 3.05) is 10.5 Å². The summed E-state index contributed by atoms with van der Waals surface area (Å²) in [5.74, 6) is 0. The smallest absolute Gasteiger partial charge is 0.261 e. The number of benzene rings is 2. The molecule has 0 aromatic heterocycles. The van der Waals surface area contributed by atoms with Crippen LogP contribution in [0.3, 0.4) is 0 Å². The average molecular weight is 369 g/mol. The summed E-state index contributed by atoms with van der Waals surface area (Å²) in [6.45, 7) is 5.75. The Bertz CT molecular complexity index is 778. The molecule has 2 aromatic rings. The molecule has 2 rings (SSSR count). The Morgan fingerprint density at radius 2 is 1.62 bits per heavy atom. The van der Waals surface area contributed by atoms with Gasteiger partial charge in [0.15, 0.2) is 0 Å². The Morgan fingerprint density at radius 3 is 2.14 bits per heavy atom. The number of rotatable bonds is 3. The highest BCUT2D eigenvalue weighted by Crippen LogP contribution is 2.27. The summed E-state index contributed by atoms with van der Waals surface area (Å²) in [7, 11) is -3.66. The SMILES string of the molecule is Cc1cc(C)c(NS(=O)(=O)c2ccc(Br)c(N)c2)c(C)c1. The van der Waals surface area contributed by atoms with Crippen LogP contribution in [-0.4, -0.2) is 8.42 Å². The van der Waals surface area contributed by atoms with Crippen LogP contribution in [0.4, 0.5) is 11.4 Å². The van der Waals surface area contributed by atoms with Crippen LogP contribution < -0.4 is 10.5 Å². The molecule has 0 aliphatic carbocycles. The maximum absolute atomic E-state index is 12.5. The van der Waals surface area contributed by atoms with Crippen LogP contribution in [-0.2, 0) is 10.0 Å². The van der Waals surface area contributed by atoms with Crippen molar-refractivity contribution in [3.63, 3.8) is 0 Å². The van der Waals surface area contributed by atoms with Gasteiger partial charge in [-0.25, -0.2) is 8.42 Å². The number of halogens is 1. The average Bonchev–Trinajstić information content (AvgIpc) is 2.37. The molecule has 0 amide bonds. The second-order valence-corrected chi connectivity index (χ2v) is 7.60. The van der Waals surface area contributed by atoms with Gasteiger partial charge in [0.2, 0.25) is 0 Å². The first-order valence-corrected chi connectivity index (χ1v) is 8.64. The molecule has 0 heterocycles. The molecule has 112 valence electrons. The molecule has 0 radical (unpaired) electrons. The van der Waals surface area contributed by atoms with E-state index >= 15 is 0 Å². The molecule has 0 fully saturated rings. The van der Waals surface area contributed by atoms with Gasteiger partial charge in [0, 0.05) is 10.2 Å². The van der Waals surface area contributed by atoms with Crippen molar-refractivity contribution in [1.29, 1.82) is 0 Å². The van der Waals surface area contributed by atoms with Crippen LogP contribution in [0.2, 0.25) is 0 Å². The minimum Gasteiger partial charge on any atom is -0.398 e. The molecule has 0 atom stereocenters. The van der Waals surface area contributed by atoms with Gasteiger partial charge in [-0.1, -0.05) is 17.7 Å². The molecular formula is C15H17BrN2O2S. The van der Waals surface area contributed by atoms with Crippen LogP contribution in [0.5, 0.6) is 0 Å². The predicted octanol–water partition coefficient (Wildman–Crippen LogP) is 3.76. The molecule has 21 heavy (non-hydrogen) atoms. The third-order valence-electron chi connectivity index (χ3n) is 3.19. The lowest BCUT2D eigenvalue weighted by atomic mass is 10.1. The lowest BCUT2D eigenvalue weighted by Gasteiger charge is -2.14. The second-order valence-electron chi connectivity index (χ2n) is 5.06. The normalized spacial score (nSPS) is 11.4. The number of anilines is 2. The van der Waals surface area contributed by atoms with E-state index in [4.69, 9.17) is 5.73 Å². The molecule has 0 unspecified atom stereocenters. The van der Waals surface area contributed by atoms with E-state index in [9.17, 15) is 8.42 Å². The molecule has 2 aromatic carbocycles. The van der Waals surface area contributed by atoms with Gasteiger partial charge >= 0.3 is 0 Å². The summed E-state index contributed by atoms with van der Waals surface area (Å²) in [5, 5.41) is 0. The number of hydrogen-bond donors (Lipinski definition) is 2. The maximum atomic E-state index is 12.5. The highest BCUT2D eigenvalue weighted by atomic mass is 79.9. The van der Waals surface area contributed by atoms with Gasteiger partial charge < -0.3 is 5.73 Å². The Labute approximate surface area is 133 Å². The first-order valence-electron chi connectivity index (χ1n) is 6.36. The quantitative estimate of drug-likeness (QED) is 0.810. The lowest BCUT2D eigenvalue weighted by molar-refractivity contribution is 0.601. The third kappa shape index (κ3) is 3.39. The second kappa shape index (κ2) is 5.69. The molecule has 0 aliphatic heterocycles. The number of nitrogens with one attached hydrogen (secondary N) is 1. The number of nitrogens with two attached hydrogens (primary N) is 1.